The van der Waals surface area contributed by atoms with Gasteiger partial charge in [0.25, 0.3) is 0 Å². The Morgan fingerprint density at radius 2 is 1.84 bits per heavy atom. The van der Waals surface area contributed by atoms with E-state index < -0.39 is 6.10 Å². The maximum absolute atomic E-state index is 14.4. The van der Waals surface area contributed by atoms with Crippen LogP contribution in [-0.4, -0.2) is 78.6 Å². The number of aryl methyl sites for hydroxylation is 1. The zero-order valence-corrected chi connectivity index (χ0v) is 19.6. The highest BCUT2D eigenvalue weighted by atomic mass is 19.1. The van der Waals surface area contributed by atoms with Crippen molar-refractivity contribution in [1.82, 2.24) is 14.9 Å². The van der Waals surface area contributed by atoms with Crippen molar-refractivity contribution in [3.63, 3.8) is 0 Å². The molecule has 0 amide bonds. The zero-order valence-electron chi connectivity index (χ0n) is 19.6. The number of rotatable bonds is 10. The average Bonchev–Trinajstić information content (AvgIpc) is 2.76. The molecule has 176 valence electrons. The smallest absolute Gasteiger partial charge is 0.136 e. The second kappa shape index (κ2) is 11.7. The molecule has 0 saturated carbocycles. The molecule has 0 bridgehead atoms. The Labute approximate surface area is 190 Å². The van der Waals surface area contributed by atoms with Crippen LogP contribution in [0.15, 0.2) is 24.3 Å². The molecule has 1 atom stereocenters. The molecule has 8 heteroatoms. The molecule has 3 rings (SSSR count). The first-order valence-electron chi connectivity index (χ1n) is 11.2. The topological polar surface area (TPSA) is 71.0 Å². The van der Waals surface area contributed by atoms with Crippen LogP contribution in [0.5, 0.6) is 0 Å². The van der Waals surface area contributed by atoms with E-state index in [1.165, 1.54) is 6.07 Å². The van der Waals surface area contributed by atoms with Crippen LogP contribution in [-0.2, 0) is 22.5 Å². The molecule has 1 aromatic heterocycles. The Hall–Kier alpha value is -2.13. The van der Waals surface area contributed by atoms with Gasteiger partial charge < -0.3 is 19.5 Å². The monoisotopic (exact) mass is 446 g/mol. The Kier molecular flexibility index (Phi) is 8.92. The van der Waals surface area contributed by atoms with Crippen molar-refractivity contribution in [2.45, 2.75) is 46.0 Å². The van der Waals surface area contributed by atoms with E-state index in [9.17, 15) is 9.50 Å². The summed E-state index contributed by atoms with van der Waals surface area (Å²) in [6.45, 7) is 10.2. The van der Waals surface area contributed by atoms with Crippen molar-refractivity contribution >= 4 is 5.82 Å². The minimum atomic E-state index is -0.504. The van der Waals surface area contributed by atoms with E-state index in [2.05, 4.69) is 14.8 Å². The van der Waals surface area contributed by atoms with Gasteiger partial charge >= 0.3 is 0 Å². The maximum atomic E-state index is 14.4. The number of benzene rings is 1. The van der Waals surface area contributed by atoms with Gasteiger partial charge in [0.05, 0.1) is 31.1 Å². The predicted octanol–water partition coefficient (Wildman–Crippen LogP) is 2.57. The first kappa shape index (κ1) is 24.5. The molecule has 32 heavy (non-hydrogen) atoms. The van der Waals surface area contributed by atoms with Gasteiger partial charge in [0.2, 0.25) is 0 Å². The van der Waals surface area contributed by atoms with Crippen LogP contribution >= 0.6 is 0 Å². The molecule has 1 aliphatic rings. The van der Waals surface area contributed by atoms with Crippen LogP contribution in [0.3, 0.4) is 0 Å². The van der Waals surface area contributed by atoms with Crippen LogP contribution in [0.4, 0.5) is 10.2 Å². The van der Waals surface area contributed by atoms with Gasteiger partial charge in [-0.2, -0.15) is 0 Å². The molecule has 2 aromatic rings. The summed E-state index contributed by atoms with van der Waals surface area (Å²) in [7, 11) is 1.64. The number of piperazine rings is 1. The predicted molar refractivity (Wildman–Crippen MR) is 122 cm³/mol. The number of aromatic nitrogens is 2. The second-order valence-corrected chi connectivity index (χ2v) is 8.54. The summed E-state index contributed by atoms with van der Waals surface area (Å²) < 4.78 is 25.3. The molecule has 1 fully saturated rings. The highest BCUT2D eigenvalue weighted by molar-refractivity contribution is 5.52. The van der Waals surface area contributed by atoms with E-state index in [4.69, 9.17) is 14.5 Å². The molecule has 0 spiro atoms. The highest BCUT2D eigenvalue weighted by Gasteiger charge is 2.25. The molecular weight excluding hydrogens is 411 g/mol. The van der Waals surface area contributed by atoms with Crippen molar-refractivity contribution in [2.75, 3.05) is 51.3 Å². The number of aliphatic hydroxyl groups is 1. The molecular formula is C24H35FN4O3. The van der Waals surface area contributed by atoms with E-state index in [0.717, 1.165) is 43.3 Å². The number of hydrogen-bond donors (Lipinski definition) is 1. The normalized spacial score (nSPS) is 16.0. The Balaban J connectivity index is 1.75. The molecule has 7 nitrogen and oxygen atoms in total. The molecule has 1 N–H and O–H groups in total. The van der Waals surface area contributed by atoms with Crippen LogP contribution in [0, 0.1) is 12.7 Å². The van der Waals surface area contributed by atoms with Gasteiger partial charge in [-0.05, 0) is 32.4 Å². The summed E-state index contributed by atoms with van der Waals surface area (Å²) in [5.74, 6) is 1.29. The fourth-order valence-corrected chi connectivity index (χ4v) is 3.97. The van der Waals surface area contributed by atoms with Crippen molar-refractivity contribution < 1.29 is 19.0 Å². The molecule has 1 aromatic carbocycles. The maximum Gasteiger partial charge on any atom is 0.136 e. The number of halogens is 1. The van der Waals surface area contributed by atoms with Crippen LogP contribution in [0.2, 0.25) is 0 Å². The van der Waals surface area contributed by atoms with E-state index in [-0.39, 0.29) is 11.9 Å². The first-order chi connectivity index (χ1) is 15.4. The average molecular weight is 447 g/mol. The molecule has 1 aliphatic heterocycles. The van der Waals surface area contributed by atoms with Gasteiger partial charge in [-0.1, -0.05) is 18.2 Å². The van der Waals surface area contributed by atoms with Crippen molar-refractivity contribution in [2.24, 2.45) is 0 Å². The zero-order chi connectivity index (χ0) is 23.1. The lowest BCUT2D eigenvalue weighted by molar-refractivity contribution is -0.00901. The molecule has 2 heterocycles. The Morgan fingerprint density at radius 1 is 1.12 bits per heavy atom. The Bertz CT molecular complexity index is 872. The standard InChI is InChI=1S/C24H35FN4O3/c1-17(2)32-15-20(30)14-28-9-11-29(12-10-28)24-21(13-19-7-5-6-8-22(19)25)23(16-31-4)26-18(3)27-24/h5-8,17,20,30H,9-16H2,1-4H3. The molecule has 1 saturated heterocycles. The summed E-state index contributed by atoms with van der Waals surface area (Å²) in [4.78, 5) is 13.8. The van der Waals surface area contributed by atoms with Crippen LogP contribution < -0.4 is 4.90 Å². The van der Waals surface area contributed by atoms with Crippen molar-refractivity contribution in [3.05, 3.63) is 52.7 Å². The van der Waals surface area contributed by atoms with Crippen LogP contribution in [0.25, 0.3) is 0 Å². The third-order valence-electron chi connectivity index (χ3n) is 5.55. The third-order valence-corrected chi connectivity index (χ3v) is 5.55. The van der Waals surface area contributed by atoms with E-state index >= 15 is 0 Å². The Morgan fingerprint density at radius 3 is 2.50 bits per heavy atom. The van der Waals surface area contributed by atoms with Crippen molar-refractivity contribution in [1.29, 1.82) is 0 Å². The largest absolute Gasteiger partial charge is 0.389 e. The SMILES string of the molecule is COCc1nc(C)nc(N2CCN(CC(O)COC(C)C)CC2)c1Cc1ccccc1F. The van der Waals surface area contributed by atoms with Gasteiger partial charge in [0.15, 0.2) is 0 Å². The van der Waals surface area contributed by atoms with E-state index in [1.807, 2.05) is 26.8 Å². The number of β-amino-alcohol motifs (C(OH)–C–C–N with tert-alkyl or cyclic N) is 1. The lowest BCUT2D eigenvalue weighted by atomic mass is 10.0. The number of nitrogens with zero attached hydrogens (tertiary/aromatic N) is 4. The van der Waals surface area contributed by atoms with Gasteiger partial charge in [-0.3, -0.25) is 4.90 Å². The summed E-state index contributed by atoms with van der Waals surface area (Å²) in [5.41, 5.74) is 2.31. The summed E-state index contributed by atoms with van der Waals surface area (Å²) in [6, 6.07) is 6.82. The number of hydrogen-bond acceptors (Lipinski definition) is 7. The fourth-order valence-electron chi connectivity index (χ4n) is 3.97. The summed E-state index contributed by atoms with van der Waals surface area (Å²) >= 11 is 0. The van der Waals surface area contributed by atoms with Gasteiger partial charge in [0, 0.05) is 51.8 Å². The van der Waals surface area contributed by atoms with Gasteiger partial charge in [-0.25, -0.2) is 14.4 Å². The lowest BCUT2D eigenvalue weighted by Crippen LogP contribution is -2.49. The number of anilines is 1. The molecule has 0 aliphatic carbocycles. The van der Waals surface area contributed by atoms with Crippen molar-refractivity contribution in [3.8, 4) is 0 Å². The van der Waals surface area contributed by atoms with Gasteiger partial charge in [0.1, 0.15) is 17.5 Å². The molecule has 1 unspecified atom stereocenters. The third kappa shape index (κ3) is 6.68. The second-order valence-electron chi connectivity index (χ2n) is 8.54. The number of aliphatic hydroxyl groups excluding tert-OH is 1. The van der Waals surface area contributed by atoms with E-state index in [1.54, 1.807) is 19.2 Å². The van der Waals surface area contributed by atoms with Gasteiger partial charge in [-0.15, -0.1) is 0 Å². The van der Waals surface area contributed by atoms with Crippen LogP contribution in [0.1, 0.15) is 36.5 Å². The summed E-state index contributed by atoms with van der Waals surface area (Å²) in [6.07, 6.45) is 0.0127. The highest BCUT2D eigenvalue weighted by Crippen LogP contribution is 2.27. The number of ether oxygens (including phenoxy) is 2. The lowest BCUT2D eigenvalue weighted by Gasteiger charge is -2.37. The first-order valence-corrected chi connectivity index (χ1v) is 11.2. The summed E-state index contributed by atoms with van der Waals surface area (Å²) in [5, 5.41) is 10.2. The minimum absolute atomic E-state index is 0.108. The molecule has 0 radical (unpaired) electrons. The number of methoxy groups -OCH3 is 1. The van der Waals surface area contributed by atoms with E-state index in [0.29, 0.717) is 37.6 Å². The fraction of sp³-hybridized carbons (Fsp3) is 0.583. The minimum Gasteiger partial charge on any atom is -0.389 e. The quantitative estimate of drug-likeness (QED) is 0.601.